The first-order valence-corrected chi connectivity index (χ1v) is 4.75. The van der Waals surface area contributed by atoms with Crippen LogP contribution >= 0.6 is 23.2 Å². The van der Waals surface area contributed by atoms with Gasteiger partial charge in [-0.05, 0) is 6.07 Å². The number of aromatic nitrogens is 3. The molecule has 2 aromatic heterocycles. The third-order valence-corrected chi connectivity index (χ3v) is 2.32. The number of hydrogen-bond donors (Lipinski definition) is 1. The van der Waals surface area contributed by atoms with Gasteiger partial charge in [0.2, 0.25) is 5.95 Å². The first-order chi connectivity index (χ1) is 6.70. The molecule has 0 aromatic carbocycles. The average molecular weight is 229 g/mol. The lowest BCUT2D eigenvalue weighted by atomic mass is 10.3. The maximum Gasteiger partial charge on any atom is 0.222 e. The molecule has 0 radical (unpaired) electrons. The smallest absolute Gasteiger partial charge is 0.222 e. The molecule has 2 aromatic rings. The van der Waals surface area contributed by atoms with Crippen molar-refractivity contribution in [3.63, 3.8) is 0 Å². The van der Waals surface area contributed by atoms with Crippen LogP contribution in [0.5, 0.6) is 0 Å². The lowest BCUT2D eigenvalue weighted by molar-refractivity contribution is 1.15. The van der Waals surface area contributed by atoms with E-state index in [1.165, 1.54) is 0 Å². The van der Waals surface area contributed by atoms with E-state index in [4.69, 9.17) is 28.9 Å². The minimum absolute atomic E-state index is 0.188. The summed E-state index contributed by atoms with van der Waals surface area (Å²) in [6.07, 6.45) is 1.58. The topological polar surface area (TPSA) is 64.7 Å². The van der Waals surface area contributed by atoms with Crippen LogP contribution in [0, 0.1) is 0 Å². The summed E-state index contributed by atoms with van der Waals surface area (Å²) in [5.41, 5.74) is 6.53. The van der Waals surface area contributed by atoms with Gasteiger partial charge < -0.3 is 5.73 Å². The minimum atomic E-state index is 0.188. The van der Waals surface area contributed by atoms with Gasteiger partial charge >= 0.3 is 0 Å². The second kappa shape index (κ2) is 3.55. The number of fused-ring (bicyclic) bond motifs is 1. The zero-order chi connectivity index (χ0) is 10.1. The van der Waals surface area contributed by atoms with Crippen molar-refractivity contribution in [3.05, 3.63) is 23.0 Å². The number of halogens is 2. The van der Waals surface area contributed by atoms with Crippen molar-refractivity contribution in [3.8, 4) is 0 Å². The van der Waals surface area contributed by atoms with Crippen molar-refractivity contribution in [1.82, 2.24) is 15.0 Å². The van der Waals surface area contributed by atoms with E-state index in [9.17, 15) is 0 Å². The van der Waals surface area contributed by atoms with Gasteiger partial charge in [-0.2, -0.15) is 4.98 Å². The third-order valence-electron chi connectivity index (χ3n) is 1.74. The molecule has 0 aliphatic rings. The molecule has 0 atom stereocenters. The Labute approximate surface area is 90.1 Å². The summed E-state index contributed by atoms with van der Waals surface area (Å²) in [6.45, 7) is 0. The van der Waals surface area contributed by atoms with Crippen molar-refractivity contribution in [1.29, 1.82) is 0 Å². The van der Waals surface area contributed by atoms with Crippen molar-refractivity contribution >= 4 is 40.2 Å². The second-order valence-electron chi connectivity index (χ2n) is 2.69. The fourth-order valence-electron chi connectivity index (χ4n) is 1.08. The number of alkyl halides is 1. The predicted molar refractivity (Wildman–Crippen MR) is 56.3 cm³/mol. The predicted octanol–water partition coefficient (Wildman–Crippen LogP) is 2.00. The number of rotatable bonds is 1. The highest BCUT2D eigenvalue weighted by Gasteiger charge is 2.05. The van der Waals surface area contributed by atoms with E-state index in [-0.39, 0.29) is 11.8 Å². The van der Waals surface area contributed by atoms with Crippen LogP contribution in [0.3, 0.4) is 0 Å². The van der Waals surface area contributed by atoms with Crippen LogP contribution in [0.25, 0.3) is 11.0 Å². The standard InChI is InChI=1S/C8H6Cl2N4/c9-2-6-5(10)1-4-3-12-8(11)14-7(4)13-6/h1,3H,2H2,(H2,11,12,13,14). The van der Waals surface area contributed by atoms with Crippen molar-refractivity contribution < 1.29 is 0 Å². The van der Waals surface area contributed by atoms with Crippen molar-refractivity contribution in [2.45, 2.75) is 5.88 Å². The quantitative estimate of drug-likeness (QED) is 0.759. The Morgan fingerprint density at radius 2 is 2.14 bits per heavy atom. The maximum atomic E-state index is 5.91. The van der Waals surface area contributed by atoms with Gasteiger partial charge in [-0.1, -0.05) is 11.6 Å². The Bertz CT molecular complexity index is 486. The summed E-state index contributed by atoms with van der Waals surface area (Å²) in [7, 11) is 0. The minimum Gasteiger partial charge on any atom is -0.368 e. The van der Waals surface area contributed by atoms with E-state index in [1.807, 2.05) is 0 Å². The molecule has 0 aliphatic heterocycles. The summed E-state index contributed by atoms with van der Waals surface area (Å²) in [6, 6.07) is 1.72. The maximum absolute atomic E-state index is 5.91. The zero-order valence-corrected chi connectivity index (χ0v) is 8.55. The van der Waals surface area contributed by atoms with Crippen LogP contribution in [0.15, 0.2) is 12.3 Å². The molecule has 0 aliphatic carbocycles. The molecule has 4 nitrogen and oxygen atoms in total. The molecule has 0 saturated heterocycles. The van der Waals surface area contributed by atoms with Gasteiger partial charge in [0, 0.05) is 11.6 Å². The van der Waals surface area contributed by atoms with E-state index < -0.39 is 0 Å². The highest BCUT2D eigenvalue weighted by molar-refractivity contribution is 6.32. The molecular weight excluding hydrogens is 223 g/mol. The molecule has 2 N–H and O–H groups in total. The molecule has 14 heavy (non-hydrogen) atoms. The summed E-state index contributed by atoms with van der Waals surface area (Å²) in [4.78, 5) is 12.0. The summed E-state index contributed by atoms with van der Waals surface area (Å²) in [5.74, 6) is 0.437. The molecule has 0 amide bonds. The number of nitrogens with zero attached hydrogens (tertiary/aromatic N) is 3. The van der Waals surface area contributed by atoms with E-state index >= 15 is 0 Å². The van der Waals surface area contributed by atoms with E-state index in [2.05, 4.69) is 15.0 Å². The van der Waals surface area contributed by atoms with Crippen LogP contribution < -0.4 is 5.73 Å². The van der Waals surface area contributed by atoms with Gasteiger partial charge in [0.1, 0.15) is 0 Å². The van der Waals surface area contributed by atoms with Crippen LogP contribution in [-0.4, -0.2) is 15.0 Å². The van der Waals surface area contributed by atoms with Crippen LogP contribution in [0.1, 0.15) is 5.69 Å². The lowest BCUT2D eigenvalue weighted by Crippen LogP contribution is -1.97. The Balaban J connectivity index is 2.73. The fourth-order valence-corrected chi connectivity index (χ4v) is 1.58. The van der Waals surface area contributed by atoms with E-state index in [1.54, 1.807) is 12.3 Å². The number of nitrogen functional groups attached to an aromatic ring is 1. The fraction of sp³-hybridized carbons (Fsp3) is 0.125. The number of anilines is 1. The van der Waals surface area contributed by atoms with Crippen molar-refractivity contribution in [2.75, 3.05) is 5.73 Å². The van der Waals surface area contributed by atoms with Crippen LogP contribution in [0.4, 0.5) is 5.95 Å². The molecule has 72 valence electrons. The van der Waals surface area contributed by atoms with Crippen LogP contribution in [0.2, 0.25) is 5.02 Å². The highest BCUT2D eigenvalue weighted by atomic mass is 35.5. The largest absolute Gasteiger partial charge is 0.368 e. The SMILES string of the molecule is Nc1ncc2cc(Cl)c(CCl)nc2n1. The van der Waals surface area contributed by atoms with Gasteiger partial charge in [0.15, 0.2) is 5.65 Å². The Morgan fingerprint density at radius 3 is 2.86 bits per heavy atom. The van der Waals surface area contributed by atoms with Gasteiger partial charge in [-0.3, -0.25) is 0 Å². The number of hydrogen-bond acceptors (Lipinski definition) is 4. The summed E-state index contributed by atoms with van der Waals surface area (Å²) in [5, 5.41) is 1.26. The summed E-state index contributed by atoms with van der Waals surface area (Å²) < 4.78 is 0. The zero-order valence-electron chi connectivity index (χ0n) is 7.04. The normalized spacial score (nSPS) is 10.7. The van der Waals surface area contributed by atoms with Gasteiger partial charge in [-0.25, -0.2) is 9.97 Å². The molecular formula is C8H6Cl2N4. The molecule has 2 heterocycles. The van der Waals surface area contributed by atoms with Crippen molar-refractivity contribution in [2.24, 2.45) is 0 Å². The Hall–Kier alpha value is -1.13. The highest BCUT2D eigenvalue weighted by Crippen LogP contribution is 2.20. The Kier molecular flexibility index (Phi) is 2.39. The molecule has 2 rings (SSSR count). The first-order valence-electron chi connectivity index (χ1n) is 3.84. The molecule has 6 heteroatoms. The Morgan fingerprint density at radius 1 is 1.36 bits per heavy atom. The van der Waals surface area contributed by atoms with E-state index in [0.29, 0.717) is 16.4 Å². The lowest BCUT2D eigenvalue weighted by Gasteiger charge is -2.01. The van der Waals surface area contributed by atoms with Gasteiger partial charge in [-0.15, -0.1) is 11.6 Å². The summed E-state index contributed by atoms with van der Waals surface area (Å²) >= 11 is 11.6. The monoisotopic (exact) mass is 228 g/mol. The molecule has 0 bridgehead atoms. The number of nitrogens with two attached hydrogens (primary N) is 1. The second-order valence-corrected chi connectivity index (χ2v) is 3.37. The molecule has 0 fully saturated rings. The third kappa shape index (κ3) is 1.58. The first kappa shape index (κ1) is 9.43. The van der Waals surface area contributed by atoms with Crippen LogP contribution in [-0.2, 0) is 5.88 Å². The van der Waals surface area contributed by atoms with Gasteiger partial charge in [0.25, 0.3) is 0 Å². The average Bonchev–Trinajstić information content (AvgIpc) is 2.17. The molecule has 0 unspecified atom stereocenters. The molecule has 0 saturated carbocycles. The van der Waals surface area contributed by atoms with E-state index in [0.717, 1.165) is 5.39 Å². The van der Waals surface area contributed by atoms with Gasteiger partial charge in [0.05, 0.1) is 16.6 Å². The number of pyridine rings is 1. The molecule has 0 spiro atoms.